The lowest BCUT2D eigenvalue weighted by Crippen LogP contribution is -2.14. The molecule has 0 saturated carbocycles. The molecule has 0 atom stereocenters. The van der Waals surface area contributed by atoms with Gasteiger partial charge in [-0.2, -0.15) is 9.78 Å². The number of carbonyl (C=O) groups is 1. The first-order valence-corrected chi connectivity index (χ1v) is 11.7. The summed E-state index contributed by atoms with van der Waals surface area (Å²) < 4.78 is 6.96. The van der Waals surface area contributed by atoms with E-state index in [0.717, 1.165) is 22.4 Å². The Labute approximate surface area is 208 Å². The number of hydrogen-bond acceptors (Lipinski definition) is 6. The molecule has 180 valence electrons. The smallest absolute Gasteiger partial charge is 0.261 e. The summed E-state index contributed by atoms with van der Waals surface area (Å²) in [6.45, 7) is 6.56. The predicted octanol–water partition coefficient (Wildman–Crippen LogP) is 5.32. The van der Waals surface area contributed by atoms with Crippen molar-refractivity contribution in [2.45, 2.75) is 20.8 Å². The van der Waals surface area contributed by atoms with E-state index in [-0.39, 0.29) is 17.3 Å². The van der Waals surface area contributed by atoms with Crippen LogP contribution in [-0.2, 0) is 0 Å². The highest BCUT2D eigenvalue weighted by atomic mass is 16.5. The van der Waals surface area contributed by atoms with Gasteiger partial charge in [0.25, 0.3) is 5.91 Å². The molecule has 0 aliphatic heterocycles. The molecule has 0 fully saturated rings. The first-order chi connectivity index (χ1) is 17.4. The molecular formula is C28H26N6O2. The van der Waals surface area contributed by atoms with Crippen LogP contribution in [0.2, 0.25) is 0 Å². The second kappa shape index (κ2) is 9.50. The Kier molecular flexibility index (Phi) is 6.08. The van der Waals surface area contributed by atoms with Crippen molar-refractivity contribution in [3.8, 4) is 5.75 Å². The Hall–Kier alpha value is -4.72. The van der Waals surface area contributed by atoms with Crippen LogP contribution < -0.4 is 15.8 Å². The van der Waals surface area contributed by atoms with E-state index in [0.29, 0.717) is 34.5 Å². The van der Waals surface area contributed by atoms with Gasteiger partial charge in [0.15, 0.2) is 5.65 Å². The van der Waals surface area contributed by atoms with Gasteiger partial charge in [-0.25, -0.2) is 9.97 Å². The molecular weight excluding hydrogens is 452 g/mol. The summed E-state index contributed by atoms with van der Waals surface area (Å²) in [7, 11) is 0. The maximum absolute atomic E-state index is 13.4. The van der Waals surface area contributed by atoms with E-state index < -0.39 is 0 Å². The van der Waals surface area contributed by atoms with Crippen LogP contribution >= 0.6 is 0 Å². The fraction of sp³-hybridized carbons (Fsp3) is 0.143. The monoisotopic (exact) mass is 478 g/mol. The number of nitrogen functional groups attached to an aromatic ring is 1. The Morgan fingerprint density at radius 1 is 1.03 bits per heavy atom. The molecule has 1 amide bonds. The van der Waals surface area contributed by atoms with Crippen LogP contribution in [0.5, 0.6) is 5.75 Å². The van der Waals surface area contributed by atoms with Crippen LogP contribution in [0.25, 0.3) is 22.2 Å². The van der Waals surface area contributed by atoms with Crippen molar-refractivity contribution in [2.24, 2.45) is 5.10 Å². The molecule has 0 bridgehead atoms. The molecule has 8 nitrogen and oxygen atoms in total. The lowest BCUT2D eigenvalue weighted by molar-refractivity contribution is 0.102. The van der Waals surface area contributed by atoms with Crippen molar-refractivity contribution in [1.29, 1.82) is 0 Å². The minimum atomic E-state index is -0.375. The lowest BCUT2D eigenvalue weighted by atomic mass is 10.1. The predicted molar refractivity (Wildman–Crippen MR) is 144 cm³/mol. The number of nitrogens with two attached hydrogens (primary N) is 1. The van der Waals surface area contributed by atoms with Crippen molar-refractivity contribution in [1.82, 2.24) is 14.6 Å². The Morgan fingerprint density at radius 3 is 2.44 bits per heavy atom. The van der Waals surface area contributed by atoms with Crippen LogP contribution in [0.3, 0.4) is 0 Å². The Balaban J connectivity index is 1.60. The normalized spacial score (nSPS) is 11.4. The van der Waals surface area contributed by atoms with Gasteiger partial charge < -0.3 is 15.8 Å². The summed E-state index contributed by atoms with van der Waals surface area (Å²) in [6, 6.07) is 20.8. The van der Waals surface area contributed by atoms with Crippen molar-refractivity contribution in [3.05, 3.63) is 89.0 Å². The third-order valence-electron chi connectivity index (χ3n) is 5.98. The molecule has 0 aliphatic rings. The van der Waals surface area contributed by atoms with Crippen LogP contribution in [-0.4, -0.2) is 33.4 Å². The SMILES string of the molecule is CCOc1ccc(/C=N/n2c(N)c(C(=O)Nc3ccc(C)c(C)c3)c3nc4ccccc4nc32)cc1. The number of ether oxygens (including phenoxy) is 1. The van der Waals surface area contributed by atoms with E-state index in [2.05, 4.69) is 10.4 Å². The first-order valence-electron chi connectivity index (χ1n) is 11.7. The lowest BCUT2D eigenvalue weighted by Gasteiger charge is -2.08. The number of nitrogens with one attached hydrogen (secondary N) is 1. The minimum Gasteiger partial charge on any atom is -0.494 e. The molecule has 3 N–H and O–H groups in total. The molecule has 0 aliphatic carbocycles. The van der Waals surface area contributed by atoms with Gasteiger partial charge in [-0.1, -0.05) is 18.2 Å². The van der Waals surface area contributed by atoms with E-state index in [9.17, 15) is 4.79 Å². The zero-order valence-electron chi connectivity index (χ0n) is 20.3. The highest BCUT2D eigenvalue weighted by Gasteiger charge is 2.24. The van der Waals surface area contributed by atoms with Crippen molar-refractivity contribution < 1.29 is 9.53 Å². The summed E-state index contributed by atoms with van der Waals surface area (Å²) >= 11 is 0. The second-order valence-corrected chi connectivity index (χ2v) is 8.46. The van der Waals surface area contributed by atoms with Gasteiger partial charge in [-0.05, 0) is 86.0 Å². The maximum atomic E-state index is 13.4. The van der Waals surface area contributed by atoms with Gasteiger partial charge in [-0.15, -0.1) is 0 Å². The summed E-state index contributed by atoms with van der Waals surface area (Å²) in [6.07, 6.45) is 1.66. The molecule has 0 saturated heterocycles. The summed E-state index contributed by atoms with van der Waals surface area (Å²) in [5.41, 5.74) is 12.6. The van der Waals surface area contributed by atoms with Crippen LogP contribution in [0.15, 0.2) is 71.8 Å². The maximum Gasteiger partial charge on any atom is 0.261 e. The van der Waals surface area contributed by atoms with E-state index in [4.69, 9.17) is 20.4 Å². The fourth-order valence-corrected chi connectivity index (χ4v) is 3.94. The van der Waals surface area contributed by atoms with Gasteiger partial charge >= 0.3 is 0 Å². The first kappa shape index (κ1) is 23.0. The molecule has 2 heterocycles. The zero-order valence-corrected chi connectivity index (χ0v) is 20.3. The van der Waals surface area contributed by atoms with Gasteiger partial charge in [0.2, 0.25) is 0 Å². The molecule has 3 aromatic carbocycles. The third-order valence-corrected chi connectivity index (χ3v) is 5.98. The molecule has 0 unspecified atom stereocenters. The van der Waals surface area contributed by atoms with Gasteiger partial charge in [-0.3, -0.25) is 4.79 Å². The third kappa shape index (κ3) is 4.36. The number of amides is 1. The van der Waals surface area contributed by atoms with E-state index in [1.807, 2.05) is 87.5 Å². The number of aryl methyl sites for hydroxylation is 2. The highest BCUT2D eigenvalue weighted by molar-refractivity contribution is 6.16. The number of aromatic nitrogens is 3. The number of fused-ring (bicyclic) bond motifs is 2. The van der Waals surface area contributed by atoms with Gasteiger partial charge in [0.05, 0.1) is 23.9 Å². The molecule has 5 aromatic rings. The summed E-state index contributed by atoms with van der Waals surface area (Å²) in [5, 5.41) is 7.51. The molecule has 0 spiro atoms. The standard InChI is InChI=1S/C28H26N6O2/c1-4-36-21-13-10-19(11-14-21)16-30-34-26(29)24(28(35)31-20-12-9-17(2)18(3)15-20)25-27(34)33-23-8-6-5-7-22(23)32-25/h5-16H,4,29H2,1-3H3,(H,31,35)/b30-16+. The topological polar surface area (TPSA) is 107 Å². The number of nitrogens with zero attached hydrogens (tertiary/aromatic N) is 4. The number of benzene rings is 3. The quantitative estimate of drug-likeness (QED) is 0.321. The van der Waals surface area contributed by atoms with E-state index >= 15 is 0 Å². The number of carbonyl (C=O) groups excluding carboxylic acids is 1. The van der Waals surface area contributed by atoms with Crippen molar-refractivity contribution in [2.75, 3.05) is 17.7 Å². The van der Waals surface area contributed by atoms with Crippen molar-refractivity contribution >= 4 is 45.8 Å². The van der Waals surface area contributed by atoms with Crippen LogP contribution in [0, 0.1) is 13.8 Å². The number of hydrogen-bond donors (Lipinski definition) is 2. The second-order valence-electron chi connectivity index (χ2n) is 8.46. The average Bonchev–Trinajstić information content (AvgIpc) is 3.14. The van der Waals surface area contributed by atoms with E-state index in [1.54, 1.807) is 6.21 Å². The molecule has 5 rings (SSSR count). The molecule has 36 heavy (non-hydrogen) atoms. The molecule has 0 radical (unpaired) electrons. The van der Waals surface area contributed by atoms with Gasteiger partial charge in [0, 0.05) is 5.69 Å². The molecule has 2 aromatic heterocycles. The minimum absolute atomic E-state index is 0.156. The number of para-hydroxylation sites is 2. The summed E-state index contributed by atoms with van der Waals surface area (Å²) in [4.78, 5) is 22.9. The zero-order chi connectivity index (χ0) is 25.2. The average molecular weight is 479 g/mol. The summed E-state index contributed by atoms with van der Waals surface area (Å²) in [5.74, 6) is 0.562. The Bertz CT molecular complexity index is 1620. The number of rotatable bonds is 6. The van der Waals surface area contributed by atoms with Crippen LogP contribution in [0.1, 0.15) is 34.0 Å². The Morgan fingerprint density at radius 2 is 1.75 bits per heavy atom. The molecule has 8 heteroatoms. The van der Waals surface area contributed by atoms with Gasteiger partial charge in [0.1, 0.15) is 22.6 Å². The fourth-order valence-electron chi connectivity index (χ4n) is 3.94. The highest BCUT2D eigenvalue weighted by Crippen LogP contribution is 2.29. The van der Waals surface area contributed by atoms with Crippen molar-refractivity contribution in [3.63, 3.8) is 0 Å². The van der Waals surface area contributed by atoms with Crippen LogP contribution in [0.4, 0.5) is 11.5 Å². The largest absolute Gasteiger partial charge is 0.494 e. The van der Waals surface area contributed by atoms with E-state index in [1.165, 1.54) is 4.68 Å². The number of anilines is 2.